The second-order valence-corrected chi connectivity index (χ2v) is 16.0. The van der Waals surface area contributed by atoms with E-state index < -0.39 is 39.6 Å². The fourth-order valence-corrected chi connectivity index (χ4v) is 6.72. The monoisotopic (exact) mass is 803 g/mol. The molecule has 0 saturated carbocycles. The van der Waals surface area contributed by atoms with Crippen molar-refractivity contribution in [3.8, 4) is 28.8 Å². The summed E-state index contributed by atoms with van der Waals surface area (Å²) in [6.45, 7) is 6.17. The summed E-state index contributed by atoms with van der Waals surface area (Å²) >= 11 is 0. The van der Waals surface area contributed by atoms with Crippen molar-refractivity contribution in [2.75, 3.05) is 21.1 Å². The number of amides is 1. The average molecular weight is 804 g/mol. The lowest BCUT2D eigenvalue weighted by Crippen LogP contribution is -2.40. The van der Waals surface area contributed by atoms with Crippen LogP contribution in [0, 0.1) is 24.2 Å². The molecule has 0 bridgehead atoms. The van der Waals surface area contributed by atoms with Crippen molar-refractivity contribution in [1.82, 2.24) is 29.2 Å². The smallest absolute Gasteiger partial charge is 0.356 e. The van der Waals surface area contributed by atoms with Gasteiger partial charge in [0.1, 0.15) is 12.2 Å². The number of nitrogens with zero attached hydrogens (tertiary/aromatic N) is 6. The maximum Gasteiger partial charge on any atom is 0.416 e. The molecule has 0 unspecified atom stereocenters. The molecule has 0 radical (unpaired) electrons. The highest BCUT2D eigenvalue weighted by Crippen LogP contribution is 2.32. The van der Waals surface area contributed by atoms with Gasteiger partial charge >= 0.3 is 17.9 Å². The zero-order valence-electron chi connectivity index (χ0n) is 32.0. The van der Waals surface area contributed by atoms with Crippen LogP contribution in [-0.4, -0.2) is 68.5 Å². The molecule has 3 N–H and O–H groups in total. The zero-order valence-corrected chi connectivity index (χ0v) is 32.8. The number of hydrogen-bond donors (Lipinski definition) is 3. The van der Waals surface area contributed by atoms with Crippen LogP contribution >= 0.6 is 0 Å². The van der Waals surface area contributed by atoms with Crippen molar-refractivity contribution >= 4 is 16.1 Å². The van der Waals surface area contributed by atoms with E-state index in [0.29, 0.717) is 21.4 Å². The summed E-state index contributed by atoms with van der Waals surface area (Å²) in [7, 11) is 2.19. The summed E-state index contributed by atoms with van der Waals surface area (Å²) < 4.78 is 74.6. The van der Waals surface area contributed by atoms with Crippen LogP contribution in [0.5, 0.6) is 0 Å². The number of carbonyl (C=O) groups excluding carboxylic acids is 1. The Hall–Kier alpha value is -6.22. The van der Waals surface area contributed by atoms with Crippen molar-refractivity contribution in [3.05, 3.63) is 142 Å². The molecule has 13 nitrogen and oxygen atoms in total. The lowest BCUT2D eigenvalue weighted by Gasteiger charge is -2.24. The van der Waals surface area contributed by atoms with Gasteiger partial charge in [-0.05, 0) is 85.6 Å². The molecule has 298 valence electrons. The van der Waals surface area contributed by atoms with Crippen LogP contribution in [0.15, 0.2) is 113 Å². The van der Waals surface area contributed by atoms with E-state index in [4.69, 9.17) is 4.55 Å². The van der Waals surface area contributed by atoms with Crippen molar-refractivity contribution < 1.29 is 35.4 Å². The molecule has 0 saturated heterocycles. The number of alkyl halides is 3. The first-order chi connectivity index (χ1) is 26.7. The lowest BCUT2D eigenvalue weighted by atomic mass is 10.0. The molecule has 6 rings (SSSR count). The third-order valence-electron chi connectivity index (χ3n) is 8.78. The number of quaternary nitrogens is 1. The van der Waals surface area contributed by atoms with Gasteiger partial charge in [-0.25, -0.2) is 18.8 Å². The van der Waals surface area contributed by atoms with Crippen LogP contribution in [0.1, 0.15) is 48.1 Å². The Morgan fingerprint density at radius 2 is 1.63 bits per heavy atom. The highest BCUT2D eigenvalue weighted by Gasteiger charge is 2.33. The van der Waals surface area contributed by atoms with Gasteiger partial charge in [0.2, 0.25) is 0 Å². The minimum absolute atomic E-state index is 0.0470. The zero-order chi connectivity index (χ0) is 41.9. The standard InChI is InChI=1S/C34H35F3N8O2.C6H6O3S/c1-21(2)30(28-15-12-25(40-28)20-45(4,5)6)41-32(46)43-31(29-16-17-39-44(29)26-13-10-23(19-38)11-14-26)22(3)42(33(43)47)27-9-7-8-24(18-27)34(35,36)37;7-10(8,9)6-4-2-1-3-5-6/h7-18,21,30,40H,20H2,1-6H3;1-5H,(H,7,8,9)/p+1/t30-;/m0./s1. The van der Waals surface area contributed by atoms with Crippen LogP contribution in [0.2, 0.25) is 0 Å². The van der Waals surface area contributed by atoms with Crippen molar-refractivity contribution in [2.24, 2.45) is 5.92 Å². The summed E-state index contributed by atoms with van der Waals surface area (Å²) in [4.78, 5) is 31.8. The number of imidazole rings is 1. The Morgan fingerprint density at radius 1 is 0.965 bits per heavy atom. The number of halogens is 3. The Labute approximate surface area is 327 Å². The minimum Gasteiger partial charge on any atom is -0.356 e. The van der Waals surface area contributed by atoms with Crippen molar-refractivity contribution in [1.29, 1.82) is 5.26 Å². The average Bonchev–Trinajstić information content (AvgIpc) is 3.87. The molecular weight excluding hydrogens is 762 g/mol. The molecule has 0 aliphatic rings. The number of nitrogens with one attached hydrogen (secondary N) is 2. The van der Waals surface area contributed by atoms with E-state index in [1.807, 2.05) is 26.0 Å². The van der Waals surface area contributed by atoms with Crippen LogP contribution < -0.4 is 11.0 Å². The first-order valence-electron chi connectivity index (χ1n) is 17.6. The van der Waals surface area contributed by atoms with Gasteiger partial charge in [-0.1, -0.05) is 38.1 Å². The Morgan fingerprint density at radius 3 is 2.19 bits per heavy atom. The highest BCUT2D eigenvalue weighted by atomic mass is 32.2. The number of rotatable bonds is 9. The molecule has 0 aliphatic heterocycles. The fourth-order valence-electron chi connectivity index (χ4n) is 6.22. The number of carbonyl (C=O) groups is 1. The van der Waals surface area contributed by atoms with Gasteiger partial charge in [0.15, 0.2) is 0 Å². The van der Waals surface area contributed by atoms with E-state index in [0.717, 1.165) is 39.2 Å². The van der Waals surface area contributed by atoms with Crippen molar-refractivity contribution in [2.45, 2.75) is 44.4 Å². The molecule has 17 heteroatoms. The third-order valence-corrected chi connectivity index (χ3v) is 9.65. The van der Waals surface area contributed by atoms with E-state index in [1.165, 1.54) is 35.1 Å². The van der Waals surface area contributed by atoms with Gasteiger partial charge in [0.05, 0.1) is 83.9 Å². The molecular formula is C40H42F3N8O5S+. The van der Waals surface area contributed by atoms with Gasteiger partial charge in [0.25, 0.3) is 10.1 Å². The number of aromatic amines is 1. The SMILES string of the molecule is Cc1c(-c2ccnn2-c2ccc(C#N)cc2)n(C(=O)N[C@H](c2ccc(C[N+](C)(C)C)[nH]2)C(C)C)c(=O)n1-c1cccc(C(F)(F)F)c1.O=S(=O)(O)c1ccccc1. The van der Waals surface area contributed by atoms with Gasteiger partial charge < -0.3 is 14.8 Å². The van der Waals surface area contributed by atoms with E-state index in [-0.39, 0.29) is 27.9 Å². The maximum atomic E-state index is 14.2. The maximum absolute atomic E-state index is 14.2. The second kappa shape index (κ2) is 16.5. The molecule has 0 spiro atoms. The molecule has 57 heavy (non-hydrogen) atoms. The molecule has 1 atom stereocenters. The quantitative estimate of drug-likeness (QED) is 0.103. The van der Waals surface area contributed by atoms with E-state index in [1.54, 1.807) is 55.5 Å². The number of nitriles is 1. The van der Waals surface area contributed by atoms with E-state index in [9.17, 15) is 36.4 Å². The summed E-state index contributed by atoms with van der Waals surface area (Å²) in [5, 5.41) is 16.7. The molecule has 0 aliphatic carbocycles. The summed E-state index contributed by atoms with van der Waals surface area (Å²) in [6, 6.07) is 24.6. The molecule has 3 aromatic heterocycles. The number of hydrogen-bond acceptors (Lipinski definition) is 6. The topological polar surface area (TPSA) is 168 Å². The lowest BCUT2D eigenvalue weighted by molar-refractivity contribution is -0.884. The van der Waals surface area contributed by atoms with Crippen molar-refractivity contribution in [3.63, 3.8) is 0 Å². The van der Waals surface area contributed by atoms with Gasteiger partial charge in [-0.2, -0.15) is 31.9 Å². The van der Waals surface area contributed by atoms with Gasteiger partial charge in [0, 0.05) is 5.69 Å². The molecule has 6 aromatic rings. The van der Waals surface area contributed by atoms with Crippen LogP contribution in [-0.2, 0) is 22.8 Å². The minimum atomic E-state index is -4.64. The van der Waals surface area contributed by atoms with E-state index in [2.05, 4.69) is 42.6 Å². The largest absolute Gasteiger partial charge is 0.416 e. The fraction of sp³-hybridized carbons (Fsp3) is 0.250. The Kier molecular flexibility index (Phi) is 12.1. The van der Waals surface area contributed by atoms with Gasteiger partial charge in [-0.3, -0.25) is 9.12 Å². The molecule has 3 heterocycles. The van der Waals surface area contributed by atoms with Gasteiger partial charge in [-0.15, -0.1) is 0 Å². The van der Waals surface area contributed by atoms with Crippen LogP contribution in [0.4, 0.5) is 18.0 Å². The summed E-state index contributed by atoms with van der Waals surface area (Å²) in [5.74, 6) is -0.0930. The first-order valence-corrected chi connectivity index (χ1v) is 19.0. The predicted octanol–water partition coefficient (Wildman–Crippen LogP) is 7.11. The molecule has 3 aromatic carbocycles. The number of H-pyrrole nitrogens is 1. The Bertz CT molecular complexity index is 2580. The van der Waals surface area contributed by atoms with Crippen LogP contribution in [0.3, 0.4) is 0 Å². The van der Waals surface area contributed by atoms with E-state index >= 15 is 0 Å². The van der Waals surface area contributed by atoms with Crippen LogP contribution in [0.25, 0.3) is 22.8 Å². The number of aromatic nitrogens is 5. The first kappa shape index (κ1) is 41.9. The normalized spacial score (nSPS) is 12.5. The molecule has 1 amide bonds. The third kappa shape index (κ3) is 9.78. The summed E-state index contributed by atoms with van der Waals surface area (Å²) in [5.41, 5.74) is 1.60. The summed E-state index contributed by atoms with van der Waals surface area (Å²) in [6.07, 6.45) is -3.15. The highest BCUT2D eigenvalue weighted by molar-refractivity contribution is 7.85. The predicted molar refractivity (Wildman–Crippen MR) is 207 cm³/mol. The second-order valence-electron chi connectivity index (χ2n) is 14.6. The Balaban J connectivity index is 0.000000540. The number of benzene rings is 3. The molecule has 0 fully saturated rings.